The highest BCUT2D eigenvalue weighted by Gasteiger charge is 2.31. The molecule has 0 bridgehead atoms. The summed E-state index contributed by atoms with van der Waals surface area (Å²) in [6.07, 6.45) is 3.10. The number of aryl methyl sites for hydroxylation is 2. The van der Waals surface area contributed by atoms with Crippen LogP contribution in [0.3, 0.4) is 0 Å². The summed E-state index contributed by atoms with van der Waals surface area (Å²) in [6.45, 7) is 11.9. The van der Waals surface area contributed by atoms with Crippen molar-refractivity contribution in [3.63, 3.8) is 0 Å². The molecule has 0 unspecified atom stereocenters. The van der Waals surface area contributed by atoms with Crippen molar-refractivity contribution in [3.8, 4) is 0 Å². The molecule has 0 radical (unpaired) electrons. The number of piperazine rings is 1. The van der Waals surface area contributed by atoms with E-state index in [1.807, 2.05) is 32.6 Å². The molecule has 1 aliphatic rings. The highest BCUT2D eigenvalue weighted by molar-refractivity contribution is 5.80. The molecule has 1 atom stereocenters. The van der Waals surface area contributed by atoms with Gasteiger partial charge < -0.3 is 9.42 Å². The Labute approximate surface area is 147 Å². The normalized spacial score (nSPS) is 17.2. The Bertz CT molecular complexity index is 681. The molecule has 0 saturated carbocycles. The number of nitrogens with zero attached hydrogens (tertiary/aromatic N) is 6. The fourth-order valence-corrected chi connectivity index (χ4v) is 3.33. The summed E-state index contributed by atoms with van der Waals surface area (Å²) < 4.78 is 6.91. The van der Waals surface area contributed by atoms with Crippen LogP contribution in [0.2, 0.25) is 0 Å². The highest BCUT2D eigenvalue weighted by atomic mass is 16.5. The smallest absolute Gasteiger partial charge is 0.247 e. The molecule has 0 spiro atoms. The number of carbonyl (C=O) groups is 1. The van der Waals surface area contributed by atoms with Crippen molar-refractivity contribution < 1.29 is 9.32 Å². The Kier molecular flexibility index (Phi) is 5.17. The van der Waals surface area contributed by atoms with Crippen molar-refractivity contribution >= 4 is 5.91 Å². The van der Waals surface area contributed by atoms with Gasteiger partial charge in [0.05, 0.1) is 5.69 Å². The molecule has 8 nitrogen and oxygen atoms in total. The van der Waals surface area contributed by atoms with Crippen LogP contribution in [0.15, 0.2) is 17.2 Å². The second-order valence-electron chi connectivity index (χ2n) is 6.97. The molecule has 2 aromatic rings. The SMILES string of the molecule is Cc1noc(C)c1CN1CCN(C(=O)[C@@H](C(C)C)n2cncn2)CC1. The van der Waals surface area contributed by atoms with Gasteiger partial charge in [-0.05, 0) is 19.8 Å². The Morgan fingerprint density at radius 1 is 1.24 bits per heavy atom. The number of hydrogen-bond donors (Lipinski definition) is 0. The van der Waals surface area contributed by atoms with E-state index in [9.17, 15) is 4.79 Å². The standard InChI is InChI=1S/C17H26N6O2/c1-12(2)16(23-11-18-10-19-23)17(24)22-7-5-21(6-8-22)9-15-13(3)20-25-14(15)4/h10-12,16H,5-9H2,1-4H3/t16-/m1/s1. The molecule has 1 amide bonds. The molecule has 0 aromatic carbocycles. The monoisotopic (exact) mass is 346 g/mol. The second kappa shape index (κ2) is 7.35. The van der Waals surface area contributed by atoms with Crippen LogP contribution < -0.4 is 0 Å². The first kappa shape index (κ1) is 17.6. The summed E-state index contributed by atoms with van der Waals surface area (Å²) in [4.78, 5) is 21.2. The Balaban J connectivity index is 1.60. The van der Waals surface area contributed by atoms with E-state index in [1.165, 1.54) is 6.33 Å². The largest absolute Gasteiger partial charge is 0.361 e. The van der Waals surface area contributed by atoms with Gasteiger partial charge in [-0.1, -0.05) is 19.0 Å². The van der Waals surface area contributed by atoms with Gasteiger partial charge in [0.15, 0.2) is 0 Å². The molecule has 1 aliphatic heterocycles. The van der Waals surface area contributed by atoms with E-state index in [1.54, 1.807) is 11.0 Å². The molecule has 0 N–H and O–H groups in total. The van der Waals surface area contributed by atoms with E-state index in [4.69, 9.17) is 4.52 Å². The molecule has 136 valence electrons. The van der Waals surface area contributed by atoms with Crippen LogP contribution in [0.5, 0.6) is 0 Å². The van der Waals surface area contributed by atoms with Crippen molar-refractivity contribution in [2.45, 2.75) is 40.3 Å². The van der Waals surface area contributed by atoms with Crippen LogP contribution in [0, 0.1) is 19.8 Å². The van der Waals surface area contributed by atoms with Crippen LogP contribution >= 0.6 is 0 Å². The minimum absolute atomic E-state index is 0.123. The molecule has 0 aliphatic carbocycles. The summed E-state index contributed by atoms with van der Waals surface area (Å²) in [5, 5.41) is 8.18. The van der Waals surface area contributed by atoms with E-state index >= 15 is 0 Å². The average molecular weight is 346 g/mol. The fraction of sp³-hybridized carbons (Fsp3) is 0.647. The topological polar surface area (TPSA) is 80.3 Å². The van der Waals surface area contributed by atoms with E-state index in [-0.39, 0.29) is 17.9 Å². The minimum atomic E-state index is -0.295. The zero-order valence-corrected chi connectivity index (χ0v) is 15.3. The first-order chi connectivity index (χ1) is 12.0. The lowest BCUT2D eigenvalue weighted by molar-refractivity contribution is -0.138. The van der Waals surface area contributed by atoms with Gasteiger partial charge in [0.25, 0.3) is 0 Å². The number of amides is 1. The van der Waals surface area contributed by atoms with Crippen LogP contribution in [-0.4, -0.2) is 61.8 Å². The minimum Gasteiger partial charge on any atom is -0.361 e. The van der Waals surface area contributed by atoms with E-state index < -0.39 is 0 Å². The summed E-state index contributed by atoms with van der Waals surface area (Å²) in [7, 11) is 0. The first-order valence-corrected chi connectivity index (χ1v) is 8.74. The maximum atomic E-state index is 13.0. The van der Waals surface area contributed by atoms with Crippen LogP contribution in [0.25, 0.3) is 0 Å². The molecule has 8 heteroatoms. The van der Waals surface area contributed by atoms with Crippen molar-refractivity contribution in [1.29, 1.82) is 0 Å². The number of hydrogen-bond acceptors (Lipinski definition) is 6. The highest BCUT2D eigenvalue weighted by Crippen LogP contribution is 2.21. The first-order valence-electron chi connectivity index (χ1n) is 8.74. The van der Waals surface area contributed by atoms with E-state index in [2.05, 4.69) is 20.1 Å². The molecular formula is C17H26N6O2. The summed E-state index contributed by atoms with van der Waals surface area (Å²) in [5.41, 5.74) is 2.10. The summed E-state index contributed by atoms with van der Waals surface area (Å²) >= 11 is 0. The number of aromatic nitrogens is 4. The maximum absolute atomic E-state index is 13.0. The van der Waals surface area contributed by atoms with Crippen LogP contribution in [0.4, 0.5) is 0 Å². The molecule has 1 fully saturated rings. The van der Waals surface area contributed by atoms with Gasteiger partial charge in [-0.25, -0.2) is 9.67 Å². The van der Waals surface area contributed by atoms with Crippen molar-refractivity contribution in [2.75, 3.05) is 26.2 Å². The van der Waals surface area contributed by atoms with Gasteiger partial charge in [-0.15, -0.1) is 0 Å². The predicted molar refractivity (Wildman–Crippen MR) is 91.7 cm³/mol. The van der Waals surface area contributed by atoms with Crippen molar-refractivity contribution in [2.24, 2.45) is 5.92 Å². The lowest BCUT2D eigenvalue weighted by Crippen LogP contribution is -2.51. The third-order valence-electron chi connectivity index (χ3n) is 4.85. The van der Waals surface area contributed by atoms with Gasteiger partial charge in [0, 0.05) is 38.3 Å². The summed E-state index contributed by atoms with van der Waals surface area (Å²) in [5.74, 6) is 1.16. The fourth-order valence-electron chi connectivity index (χ4n) is 3.33. The molecule has 25 heavy (non-hydrogen) atoms. The Morgan fingerprint density at radius 3 is 2.48 bits per heavy atom. The van der Waals surface area contributed by atoms with E-state index in [0.717, 1.165) is 49.7 Å². The number of rotatable bonds is 5. The lowest BCUT2D eigenvalue weighted by atomic mass is 10.0. The van der Waals surface area contributed by atoms with Gasteiger partial charge in [-0.3, -0.25) is 9.69 Å². The van der Waals surface area contributed by atoms with Gasteiger partial charge in [0.2, 0.25) is 5.91 Å². The maximum Gasteiger partial charge on any atom is 0.247 e. The van der Waals surface area contributed by atoms with Crippen LogP contribution in [-0.2, 0) is 11.3 Å². The molecule has 3 heterocycles. The zero-order chi connectivity index (χ0) is 18.0. The zero-order valence-electron chi connectivity index (χ0n) is 15.3. The molecule has 1 saturated heterocycles. The summed E-state index contributed by atoms with van der Waals surface area (Å²) in [6, 6.07) is -0.295. The number of carbonyl (C=O) groups excluding carboxylic acids is 1. The van der Waals surface area contributed by atoms with Crippen molar-refractivity contribution in [1.82, 2.24) is 29.7 Å². The molecular weight excluding hydrogens is 320 g/mol. The third-order valence-corrected chi connectivity index (χ3v) is 4.85. The van der Waals surface area contributed by atoms with E-state index in [0.29, 0.717) is 0 Å². The Hall–Kier alpha value is -2.22. The average Bonchev–Trinajstić information content (AvgIpc) is 3.21. The quantitative estimate of drug-likeness (QED) is 0.815. The third kappa shape index (κ3) is 3.73. The van der Waals surface area contributed by atoms with Crippen LogP contribution in [0.1, 0.15) is 36.9 Å². The molecule has 2 aromatic heterocycles. The lowest BCUT2D eigenvalue weighted by Gasteiger charge is -2.37. The second-order valence-corrected chi connectivity index (χ2v) is 6.97. The molecule has 3 rings (SSSR count). The van der Waals surface area contributed by atoms with Gasteiger partial charge in [-0.2, -0.15) is 5.10 Å². The van der Waals surface area contributed by atoms with Gasteiger partial charge in [0.1, 0.15) is 24.5 Å². The van der Waals surface area contributed by atoms with Gasteiger partial charge >= 0.3 is 0 Å². The Morgan fingerprint density at radius 2 is 1.96 bits per heavy atom. The predicted octanol–water partition coefficient (Wildman–Crippen LogP) is 1.42. The van der Waals surface area contributed by atoms with Crippen molar-refractivity contribution in [3.05, 3.63) is 29.7 Å².